The van der Waals surface area contributed by atoms with Crippen LogP contribution >= 0.6 is 15.9 Å². The third kappa shape index (κ3) is 4.79. The Hall–Kier alpha value is -0.0971. The maximum absolute atomic E-state index is 15.0. The molecule has 5 heteroatoms. The average molecular weight is 477 g/mol. The van der Waals surface area contributed by atoms with E-state index in [4.69, 9.17) is 4.74 Å². The first-order chi connectivity index (χ1) is 11.7. The van der Waals surface area contributed by atoms with Crippen LogP contribution in [0.4, 0.5) is 8.78 Å². The van der Waals surface area contributed by atoms with Gasteiger partial charge in [-0.05, 0) is 0 Å². The standard InChI is InChI=1S/C20H30BrF2GeO/c1-13(2)24(14(3)4)12-25-16-11-15(22)17(19(23)18(16)21)20(5)9-7-6-8-10-20/h11,13-14H,6-10,12H2,1-5H3. The first-order valence-electron chi connectivity index (χ1n) is 9.33. The van der Waals surface area contributed by atoms with Crippen LogP contribution in [-0.2, 0) is 5.41 Å². The Bertz CT molecular complexity index is 590. The molecule has 0 amide bonds. The normalized spacial score (nSPS) is 17.6. The molecule has 0 bridgehead atoms. The quantitative estimate of drug-likeness (QED) is 0.312. The van der Waals surface area contributed by atoms with Crippen molar-refractivity contribution < 1.29 is 13.5 Å². The van der Waals surface area contributed by atoms with Gasteiger partial charge in [-0.1, -0.05) is 0 Å². The van der Waals surface area contributed by atoms with Gasteiger partial charge in [0.1, 0.15) is 0 Å². The Labute approximate surface area is 164 Å². The Balaban J connectivity index is 2.28. The van der Waals surface area contributed by atoms with E-state index in [2.05, 4.69) is 43.6 Å². The van der Waals surface area contributed by atoms with Crippen molar-refractivity contribution in [3.05, 3.63) is 27.7 Å². The molecule has 25 heavy (non-hydrogen) atoms. The number of hydrogen-bond donors (Lipinski definition) is 0. The van der Waals surface area contributed by atoms with Crippen molar-refractivity contribution in [1.29, 1.82) is 0 Å². The molecule has 1 aliphatic carbocycles. The van der Waals surface area contributed by atoms with Crippen LogP contribution < -0.4 is 4.74 Å². The topological polar surface area (TPSA) is 9.23 Å². The third-order valence-corrected chi connectivity index (χ3v) is 13.5. The average Bonchev–Trinajstić information content (AvgIpc) is 2.52. The van der Waals surface area contributed by atoms with E-state index in [9.17, 15) is 4.39 Å². The van der Waals surface area contributed by atoms with E-state index in [1.165, 1.54) is 6.07 Å². The summed E-state index contributed by atoms with van der Waals surface area (Å²) in [4.78, 5) is 0. The number of ether oxygens (including phenoxy) is 1. The number of halogens is 3. The molecule has 0 aliphatic heterocycles. The summed E-state index contributed by atoms with van der Waals surface area (Å²) in [6.07, 6.45) is 4.89. The van der Waals surface area contributed by atoms with Crippen LogP contribution in [0.25, 0.3) is 0 Å². The first kappa shape index (κ1) is 21.2. The van der Waals surface area contributed by atoms with Crippen LogP contribution in [0, 0.1) is 11.6 Å². The summed E-state index contributed by atoms with van der Waals surface area (Å²) in [7, 11) is 0. The summed E-state index contributed by atoms with van der Waals surface area (Å²) in [6.45, 7) is 10.9. The van der Waals surface area contributed by atoms with Crippen LogP contribution in [0.15, 0.2) is 10.5 Å². The van der Waals surface area contributed by atoms with Crippen LogP contribution in [0.2, 0.25) is 9.50 Å². The Morgan fingerprint density at radius 3 is 2.20 bits per heavy atom. The molecule has 0 heterocycles. The first-order valence-corrected chi connectivity index (χ1v) is 14.0. The summed E-state index contributed by atoms with van der Waals surface area (Å²) in [6, 6.07) is 1.39. The van der Waals surface area contributed by atoms with Gasteiger partial charge in [-0.3, -0.25) is 0 Å². The van der Waals surface area contributed by atoms with Crippen molar-refractivity contribution in [1.82, 2.24) is 0 Å². The number of hydrogen-bond acceptors (Lipinski definition) is 1. The Morgan fingerprint density at radius 1 is 1.12 bits per heavy atom. The van der Waals surface area contributed by atoms with Crippen molar-refractivity contribution >= 4 is 30.3 Å². The van der Waals surface area contributed by atoms with E-state index in [0.717, 1.165) is 32.1 Å². The second-order valence-corrected chi connectivity index (χ2v) is 16.8. The molecule has 1 aromatic rings. The van der Waals surface area contributed by atoms with Gasteiger partial charge in [0, 0.05) is 0 Å². The fraction of sp³-hybridized carbons (Fsp3) is 0.700. The van der Waals surface area contributed by atoms with E-state index in [1.807, 2.05) is 6.92 Å². The maximum atomic E-state index is 15.0. The predicted octanol–water partition coefficient (Wildman–Crippen LogP) is 7.18. The van der Waals surface area contributed by atoms with Gasteiger partial charge in [0.25, 0.3) is 0 Å². The molecule has 0 unspecified atom stereocenters. The van der Waals surface area contributed by atoms with Crippen molar-refractivity contribution in [3.63, 3.8) is 0 Å². The minimum absolute atomic E-state index is 0.232. The van der Waals surface area contributed by atoms with E-state index in [0.29, 0.717) is 20.7 Å². The molecule has 0 N–H and O–H groups in total. The monoisotopic (exact) mass is 477 g/mol. The molecule has 141 valence electrons. The van der Waals surface area contributed by atoms with Gasteiger partial charge in [-0.2, -0.15) is 0 Å². The number of benzene rings is 1. The molecular formula is C20H30BrF2GeO. The molecule has 0 saturated heterocycles. The summed E-state index contributed by atoms with van der Waals surface area (Å²) < 4.78 is 37.3. The molecule has 0 spiro atoms. The molecule has 1 nitrogen and oxygen atoms in total. The van der Waals surface area contributed by atoms with Crippen LogP contribution in [0.5, 0.6) is 5.75 Å². The molecule has 1 aromatic carbocycles. The van der Waals surface area contributed by atoms with Crippen LogP contribution in [0.1, 0.15) is 72.3 Å². The fourth-order valence-electron chi connectivity index (χ4n) is 3.97. The summed E-state index contributed by atoms with van der Waals surface area (Å²) in [5, 5.41) is 0. The SMILES string of the molecule is C[CH](C)[Ge]([CH2]Oc1cc(F)c(C2(C)CCCCC2)c(F)c1Br)[CH](C)C. The molecule has 2 rings (SSSR count). The zero-order valence-corrected chi connectivity index (χ0v) is 19.7. The molecular weight excluding hydrogens is 447 g/mol. The fourth-order valence-corrected chi connectivity index (χ4v) is 9.27. The molecule has 1 fully saturated rings. The van der Waals surface area contributed by atoms with Gasteiger partial charge in [-0.25, -0.2) is 0 Å². The molecule has 1 radical (unpaired) electrons. The number of rotatable bonds is 6. The van der Waals surface area contributed by atoms with E-state index in [1.54, 1.807) is 0 Å². The molecule has 0 aromatic heterocycles. The summed E-state index contributed by atoms with van der Waals surface area (Å²) in [5.74, 6) is -0.629. The van der Waals surface area contributed by atoms with E-state index >= 15 is 4.39 Å². The van der Waals surface area contributed by atoms with Crippen molar-refractivity contribution in [2.75, 3.05) is 5.44 Å². The predicted molar refractivity (Wildman–Crippen MR) is 106 cm³/mol. The van der Waals surface area contributed by atoms with Crippen molar-refractivity contribution in [3.8, 4) is 5.75 Å². The van der Waals surface area contributed by atoms with Crippen molar-refractivity contribution in [2.45, 2.75) is 81.6 Å². The van der Waals surface area contributed by atoms with Crippen molar-refractivity contribution in [2.24, 2.45) is 0 Å². The van der Waals surface area contributed by atoms with Crippen LogP contribution in [-0.4, -0.2) is 19.8 Å². The van der Waals surface area contributed by atoms with Gasteiger partial charge in [-0.15, -0.1) is 0 Å². The summed E-state index contributed by atoms with van der Waals surface area (Å²) >= 11 is 1.89. The van der Waals surface area contributed by atoms with Crippen LogP contribution in [0.3, 0.4) is 0 Å². The van der Waals surface area contributed by atoms with Gasteiger partial charge in [0.2, 0.25) is 0 Å². The second kappa shape index (κ2) is 8.73. The minimum atomic E-state index is -1.44. The van der Waals surface area contributed by atoms with E-state index < -0.39 is 31.4 Å². The van der Waals surface area contributed by atoms with Gasteiger partial charge in [0.05, 0.1) is 0 Å². The third-order valence-electron chi connectivity index (χ3n) is 5.56. The summed E-state index contributed by atoms with van der Waals surface area (Å²) in [5.41, 5.74) is 0.446. The zero-order valence-electron chi connectivity index (χ0n) is 16.0. The second-order valence-electron chi connectivity index (χ2n) is 8.15. The van der Waals surface area contributed by atoms with Gasteiger partial charge in [0.15, 0.2) is 0 Å². The molecule has 1 aliphatic rings. The Morgan fingerprint density at radius 2 is 1.68 bits per heavy atom. The molecule has 0 atom stereocenters. The zero-order chi connectivity index (χ0) is 18.8. The van der Waals surface area contributed by atoms with Gasteiger partial charge < -0.3 is 0 Å². The van der Waals surface area contributed by atoms with E-state index in [-0.39, 0.29) is 10.0 Å². The molecule has 1 saturated carbocycles. The van der Waals surface area contributed by atoms with Gasteiger partial charge >= 0.3 is 164 Å². The Kier molecular flexibility index (Phi) is 7.40.